The zero-order chi connectivity index (χ0) is 13.5. The molecular formula is C12H16ClN3O2S. The van der Waals surface area contributed by atoms with Crippen molar-refractivity contribution in [3.63, 3.8) is 0 Å². The number of pyridine rings is 1. The summed E-state index contributed by atoms with van der Waals surface area (Å²) >= 11 is 5.85. The van der Waals surface area contributed by atoms with Gasteiger partial charge in [-0.2, -0.15) is 4.31 Å². The molecule has 0 amide bonds. The van der Waals surface area contributed by atoms with Gasteiger partial charge in [-0.25, -0.2) is 8.42 Å². The Bertz CT molecular complexity index is 564. The minimum Gasteiger partial charge on any atom is -0.315 e. The van der Waals surface area contributed by atoms with E-state index < -0.39 is 10.0 Å². The average Bonchev–Trinajstić information content (AvgIpc) is 2.63. The third kappa shape index (κ3) is 2.38. The van der Waals surface area contributed by atoms with Crippen molar-refractivity contribution in [2.24, 2.45) is 0 Å². The lowest BCUT2D eigenvalue weighted by molar-refractivity contribution is 0.334. The standard InChI is InChI=1S/C12H16ClN3O2S/c13-9-5-12(8-15-6-9)19(17,18)16-10-1-2-11(16)7-14-4-3-10/h5-6,8,10-11,14H,1-4,7H2. The summed E-state index contributed by atoms with van der Waals surface area (Å²) in [4.78, 5) is 4.08. The molecular weight excluding hydrogens is 286 g/mol. The normalized spacial score (nSPS) is 28.3. The molecule has 0 saturated carbocycles. The molecule has 104 valence electrons. The molecule has 0 radical (unpaired) electrons. The van der Waals surface area contributed by atoms with E-state index in [1.54, 1.807) is 4.31 Å². The summed E-state index contributed by atoms with van der Waals surface area (Å²) in [6.07, 6.45) is 5.55. The number of rotatable bonds is 2. The highest BCUT2D eigenvalue weighted by Gasteiger charge is 2.43. The van der Waals surface area contributed by atoms with Crippen LogP contribution < -0.4 is 5.32 Å². The van der Waals surface area contributed by atoms with Crippen molar-refractivity contribution in [2.45, 2.75) is 36.2 Å². The van der Waals surface area contributed by atoms with Crippen molar-refractivity contribution in [3.05, 3.63) is 23.5 Å². The summed E-state index contributed by atoms with van der Waals surface area (Å²) in [5.41, 5.74) is 0. The summed E-state index contributed by atoms with van der Waals surface area (Å²) in [5, 5.41) is 3.64. The highest BCUT2D eigenvalue weighted by Crippen LogP contribution is 2.33. The SMILES string of the molecule is O=S(=O)(c1cncc(Cl)c1)N1C2CCNCC1CC2. The van der Waals surface area contributed by atoms with Gasteiger partial charge >= 0.3 is 0 Å². The van der Waals surface area contributed by atoms with Crippen molar-refractivity contribution in [1.82, 2.24) is 14.6 Å². The smallest absolute Gasteiger partial charge is 0.245 e. The van der Waals surface area contributed by atoms with Gasteiger partial charge in [-0.3, -0.25) is 4.98 Å². The van der Waals surface area contributed by atoms with Crippen LogP contribution >= 0.6 is 11.6 Å². The van der Waals surface area contributed by atoms with Crippen LogP contribution in [-0.2, 0) is 10.0 Å². The number of aromatic nitrogens is 1. The Hall–Kier alpha value is -0.690. The zero-order valence-corrected chi connectivity index (χ0v) is 12.0. The van der Waals surface area contributed by atoms with Crippen LogP contribution in [-0.4, -0.2) is 42.9 Å². The van der Waals surface area contributed by atoms with Gasteiger partial charge < -0.3 is 5.32 Å². The lowest BCUT2D eigenvalue weighted by Gasteiger charge is -2.26. The van der Waals surface area contributed by atoms with Crippen molar-refractivity contribution in [2.75, 3.05) is 13.1 Å². The molecule has 2 atom stereocenters. The quantitative estimate of drug-likeness (QED) is 0.893. The second kappa shape index (κ2) is 5.01. The lowest BCUT2D eigenvalue weighted by Crippen LogP contribution is -2.42. The Balaban J connectivity index is 2.00. The lowest BCUT2D eigenvalue weighted by atomic mass is 10.1. The Labute approximate surface area is 118 Å². The van der Waals surface area contributed by atoms with E-state index in [1.807, 2.05) is 0 Å². The maximum Gasteiger partial charge on any atom is 0.245 e. The van der Waals surface area contributed by atoms with Crippen LogP contribution in [0, 0.1) is 0 Å². The summed E-state index contributed by atoms with van der Waals surface area (Å²) in [6.45, 7) is 1.60. The first-order chi connectivity index (χ1) is 9.09. The van der Waals surface area contributed by atoms with Gasteiger partial charge in [0.25, 0.3) is 0 Å². The number of sulfonamides is 1. The Morgan fingerprint density at radius 1 is 1.26 bits per heavy atom. The van der Waals surface area contributed by atoms with Gasteiger partial charge in [0, 0.05) is 31.0 Å². The molecule has 2 aliphatic heterocycles. The van der Waals surface area contributed by atoms with Crippen LogP contribution in [0.25, 0.3) is 0 Å². The molecule has 1 N–H and O–H groups in total. The number of fused-ring (bicyclic) bond motifs is 2. The van der Waals surface area contributed by atoms with Crippen molar-refractivity contribution in [3.8, 4) is 0 Å². The van der Waals surface area contributed by atoms with Gasteiger partial charge in [0.15, 0.2) is 0 Å². The fourth-order valence-electron chi connectivity index (χ4n) is 2.99. The summed E-state index contributed by atoms with van der Waals surface area (Å²) < 4.78 is 27.2. The summed E-state index contributed by atoms with van der Waals surface area (Å²) in [6, 6.07) is 1.63. The molecule has 0 spiro atoms. The summed E-state index contributed by atoms with van der Waals surface area (Å²) in [7, 11) is -3.50. The van der Waals surface area contributed by atoms with Crippen LogP contribution in [0.2, 0.25) is 5.02 Å². The molecule has 2 fully saturated rings. The fourth-order valence-corrected chi connectivity index (χ4v) is 5.11. The first-order valence-corrected chi connectivity index (χ1v) is 8.25. The zero-order valence-electron chi connectivity index (χ0n) is 10.4. The number of halogens is 1. The number of nitrogens with one attached hydrogen (secondary N) is 1. The van der Waals surface area contributed by atoms with E-state index in [0.29, 0.717) is 5.02 Å². The summed E-state index contributed by atoms with van der Waals surface area (Å²) in [5.74, 6) is 0. The van der Waals surface area contributed by atoms with Crippen LogP contribution in [0.5, 0.6) is 0 Å². The molecule has 2 aliphatic rings. The molecule has 19 heavy (non-hydrogen) atoms. The minimum atomic E-state index is -3.50. The molecule has 2 unspecified atom stereocenters. The van der Waals surface area contributed by atoms with E-state index in [2.05, 4.69) is 10.3 Å². The Kier molecular flexibility index (Phi) is 3.51. The van der Waals surface area contributed by atoms with Crippen molar-refractivity contribution >= 4 is 21.6 Å². The maximum atomic E-state index is 12.8. The number of hydrogen-bond donors (Lipinski definition) is 1. The van der Waals surface area contributed by atoms with Crippen molar-refractivity contribution < 1.29 is 8.42 Å². The van der Waals surface area contributed by atoms with E-state index in [9.17, 15) is 8.42 Å². The molecule has 5 nitrogen and oxygen atoms in total. The highest BCUT2D eigenvalue weighted by atomic mass is 35.5. The van der Waals surface area contributed by atoms with Gasteiger partial charge in [0.2, 0.25) is 10.0 Å². The molecule has 2 saturated heterocycles. The van der Waals surface area contributed by atoms with Crippen LogP contribution in [0.1, 0.15) is 19.3 Å². The molecule has 1 aromatic rings. The first kappa shape index (κ1) is 13.3. The third-order valence-electron chi connectivity index (χ3n) is 3.84. The van der Waals surface area contributed by atoms with E-state index in [-0.39, 0.29) is 17.0 Å². The first-order valence-electron chi connectivity index (χ1n) is 6.44. The second-order valence-corrected chi connectivity index (χ2v) is 7.33. The molecule has 2 bridgehead atoms. The predicted octanol–water partition coefficient (Wildman–Crippen LogP) is 1.25. The fraction of sp³-hybridized carbons (Fsp3) is 0.583. The number of nitrogens with zero attached hydrogens (tertiary/aromatic N) is 2. The Morgan fingerprint density at radius 3 is 2.84 bits per heavy atom. The molecule has 1 aromatic heterocycles. The molecule has 7 heteroatoms. The maximum absolute atomic E-state index is 12.8. The average molecular weight is 302 g/mol. The molecule has 0 aromatic carbocycles. The van der Waals surface area contributed by atoms with E-state index in [1.165, 1.54) is 18.5 Å². The van der Waals surface area contributed by atoms with Gasteiger partial charge in [-0.1, -0.05) is 11.6 Å². The minimum absolute atomic E-state index is 0.0523. The van der Waals surface area contributed by atoms with E-state index >= 15 is 0 Å². The monoisotopic (exact) mass is 301 g/mol. The number of hydrogen-bond acceptors (Lipinski definition) is 4. The molecule has 3 heterocycles. The molecule has 3 rings (SSSR count). The van der Waals surface area contributed by atoms with Crippen molar-refractivity contribution in [1.29, 1.82) is 0 Å². The van der Waals surface area contributed by atoms with Gasteiger partial charge in [0.1, 0.15) is 4.90 Å². The van der Waals surface area contributed by atoms with Crippen LogP contribution in [0.4, 0.5) is 0 Å². The van der Waals surface area contributed by atoms with E-state index in [4.69, 9.17) is 11.6 Å². The second-order valence-electron chi connectivity index (χ2n) is 5.05. The van der Waals surface area contributed by atoms with E-state index in [0.717, 1.165) is 32.4 Å². The van der Waals surface area contributed by atoms with Crippen LogP contribution in [0.3, 0.4) is 0 Å². The predicted molar refractivity (Wildman–Crippen MR) is 72.6 cm³/mol. The highest BCUT2D eigenvalue weighted by molar-refractivity contribution is 7.89. The van der Waals surface area contributed by atoms with Gasteiger partial charge in [-0.05, 0) is 31.9 Å². The topological polar surface area (TPSA) is 62.3 Å². The molecule has 0 aliphatic carbocycles. The van der Waals surface area contributed by atoms with Crippen LogP contribution in [0.15, 0.2) is 23.4 Å². The Morgan fingerprint density at radius 2 is 2.05 bits per heavy atom. The van der Waals surface area contributed by atoms with Gasteiger partial charge in [-0.15, -0.1) is 0 Å². The third-order valence-corrected chi connectivity index (χ3v) is 6.02. The van der Waals surface area contributed by atoms with Gasteiger partial charge in [0.05, 0.1) is 5.02 Å². The largest absolute Gasteiger partial charge is 0.315 e.